The van der Waals surface area contributed by atoms with Crippen LogP contribution in [0.1, 0.15) is 31.7 Å². The van der Waals surface area contributed by atoms with Crippen LogP contribution in [0, 0.1) is 0 Å². The van der Waals surface area contributed by atoms with Gasteiger partial charge in [-0.15, -0.1) is 0 Å². The molecule has 1 aliphatic rings. The molecule has 0 radical (unpaired) electrons. The van der Waals surface area contributed by atoms with Gasteiger partial charge < -0.3 is 15.6 Å². The number of aliphatic hydroxyl groups is 1. The zero-order valence-corrected chi connectivity index (χ0v) is 11.2. The molecule has 0 aromatic heterocycles. The second-order valence-electron chi connectivity index (χ2n) is 5.12. The minimum atomic E-state index is -4.83. The van der Waals surface area contributed by atoms with Crippen LogP contribution in [0.5, 0.6) is 5.75 Å². The lowest BCUT2D eigenvalue weighted by atomic mass is 9.84. The Labute approximate surface area is 115 Å². The van der Waals surface area contributed by atoms with Crippen molar-refractivity contribution in [2.45, 2.75) is 50.1 Å². The molecule has 1 aliphatic carbocycles. The number of benzene rings is 1. The summed E-state index contributed by atoms with van der Waals surface area (Å²) in [6.45, 7) is 1.51. The Kier molecular flexibility index (Phi) is 3.97. The maximum Gasteiger partial charge on any atom is 0.422 e. The fraction of sp³-hybridized carbons (Fsp3) is 0.571. The predicted octanol–water partition coefficient (Wildman–Crippen LogP) is 2.72. The summed E-state index contributed by atoms with van der Waals surface area (Å²) >= 11 is 0. The SMILES string of the molecule is CCC(N)C(O)(c1ccc(OC2CC2)cc1)C(F)(F)F. The molecule has 2 rings (SSSR count). The van der Waals surface area contributed by atoms with E-state index in [4.69, 9.17) is 10.5 Å². The second kappa shape index (κ2) is 5.26. The summed E-state index contributed by atoms with van der Waals surface area (Å²) in [5.74, 6) is 0.505. The second-order valence-corrected chi connectivity index (χ2v) is 5.12. The van der Waals surface area contributed by atoms with E-state index in [0.29, 0.717) is 5.75 Å². The molecule has 0 bridgehead atoms. The number of rotatable bonds is 5. The summed E-state index contributed by atoms with van der Waals surface area (Å²) in [6, 6.07) is 3.90. The van der Waals surface area contributed by atoms with E-state index >= 15 is 0 Å². The predicted molar refractivity (Wildman–Crippen MR) is 68.3 cm³/mol. The highest BCUT2D eigenvalue weighted by Crippen LogP contribution is 2.42. The maximum atomic E-state index is 13.2. The average Bonchev–Trinajstić information content (AvgIpc) is 3.20. The summed E-state index contributed by atoms with van der Waals surface area (Å²) in [6.07, 6.45) is -2.72. The van der Waals surface area contributed by atoms with Gasteiger partial charge in [-0.25, -0.2) is 0 Å². The smallest absolute Gasteiger partial charge is 0.422 e. The Morgan fingerprint density at radius 2 is 1.85 bits per heavy atom. The molecule has 112 valence electrons. The lowest BCUT2D eigenvalue weighted by Gasteiger charge is -2.35. The Balaban J connectivity index is 2.28. The van der Waals surface area contributed by atoms with Crippen LogP contribution < -0.4 is 10.5 Å². The van der Waals surface area contributed by atoms with Crippen molar-refractivity contribution in [2.75, 3.05) is 0 Å². The monoisotopic (exact) mass is 289 g/mol. The summed E-state index contributed by atoms with van der Waals surface area (Å²) in [5, 5.41) is 10.1. The summed E-state index contributed by atoms with van der Waals surface area (Å²) < 4.78 is 45.0. The van der Waals surface area contributed by atoms with E-state index in [-0.39, 0.29) is 18.1 Å². The lowest BCUT2D eigenvalue weighted by Crippen LogP contribution is -2.55. The number of nitrogens with two attached hydrogens (primary N) is 1. The van der Waals surface area contributed by atoms with Crippen molar-refractivity contribution >= 4 is 0 Å². The van der Waals surface area contributed by atoms with Gasteiger partial charge in [0.05, 0.1) is 6.10 Å². The van der Waals surface area contributed by atoms with E-state index in [0.717, 1.165) is 12.8 Å². The molecule has 0 aliphatic heterocycles. The molecule has 1 aromatic rings. The fourth-order valence-corrected chi connectivity index (χ4v) is 2.05. The Bertz CT molecular complexity index is 456. The largest absolute Gasteiger partial charge is 0.490 e. The minimum absolute atomic E-state index is 0.0103. The number of hydrogen-bond donors (Lipinski definition) is 2. The quantitative estimate of drug-likeness (QED) is 0.876. The van der Waals surface area contributed by atoms with E-state index in [1.807, 2.05) is 0 Å². The van der Waals surface area contributed by atoms with E-state index in [2.05, 4.69) is 0 Å². The molecule has 6 heteroatoms. The lowest BCUT2D eigenvalue weighted by molar-refractivity contribution is -0.274. The number of hydrogen-bond acceptors (Lipinski definition) is 3. The maximum absolute atomic E-state index is 13.2. The molecule has 2 atom stereocenters. The first kappa shape index (κ1) is 15.1. The van der Waals surface area contributed by atoms with Crippen LogP contribution in [0.3, 0.4) is 0 Å². The van der Waals surface area contributed by atoms with Crippen LogP contribution in [-0.2, 0) is 5.60 Å². The molecule has 3 N–H and O–H groups in total. The van der Waals surface area contributed by atoms with Gasteiger partial charge in [0.2, 0.25) is 5.60 Å². The zero-order chi connectivity index (χ0) is 15.0. The van der Waals surface area contributed by atoms with Gasteiger partial charge in [-0.05, 0) is 37.0 Å². The van der Waals surface area contributed by atoms with Crippen molar-refractivity contribution in [1.29, 1.82) is 0 Å². The van der Waals surface area contributed by atoms with Crippen molar-refractivity contribution in [3.05, 3.63) is 29.8 Å². The summed E-state index contributed by atoms with van der Waals surface area (Å²) in [5.41, 5.74) is 2.19. The van der Waals surface area contributed by atoms with Crippen LogP contribution in [0.15, 0.2) is 24.3 Å². The third-order valence-electron chi connectivity index (χ3n) is 3.53. The molecule has 0 amide bonds. The first-order valence-electron chi connectivity index (χ1n) is 6.61. The Hall–Kier alpha value is -1.27. The number of halogens is 3. The minimum Gasteiger partial charge on any atom is -0.490 e. The number of ether oxygens (including phenoxy) is 1. The third kappa shape index (κ3) is 2.76. The van der Waals surface area contributed by atoms with Gasteiger partial charge in [0, 0.05) is 6.04 Å². The van der Waals surface area contributed by atoms with Gasteiger partial charge in [-0.1, -0.05) is 19.1 Å². The van der Waals surface area contributed by atoms with Gasteiger partial charge in [0.1, 0.15) is 5.75 Å². The summed E-state index contributed by atoms with van der Waals surface area (Å²) in [7, 11) is 0. The molecule has 0 spiro atoms. The highest BCUT2D eigenvalue weighted by atomic mass is 19.4. The molecule has 2 unspecified atom stereocenters. The standard InChI is InChI=1S/C14H18F3NO2/c1-2-12(18)13(19,14(15,16)17)9-3-5-10(6-4-9)20-11-7-8-11/h3-6,11-12,19H,2,7-8,18H2,1H3. The van der Waals surface area contributed by atoms with Gasteiger partial charge in [-0.2, -0.15) is 13.2 Å². The molecule has 1 saturated carbocycles. The van der Waals surface area contributed by atoms with Crippen LogP contribution in [0.2, 0.25) is 0 Å². The molecule has 1 aromatic carbocycles. The van der Waals surface area contributed by atoms with E-state index < -0.39 is 17.8 Å². The van der Waals surface area contributed by atoms with Crippen LogP contribution in [0.4, 0.5) is 13.2 Å². The third-order valence-corrected chi connectivity index (χ3v) is 3.53. The van der Waals surface area contributed by atoms with Gasteiger partial charge in [0.25, 0.3) is 0 Å². The fourth-order valence-electron chi connectivity index (χ4n) is 2.05. The van der Waals surface area contributed by atoms with E-state index in [9.17, 15) is 18.3 Å². The Morgan fingerprint density at radius 1 is 1.30 bits per heavy atom. The first-order chi connectivity index (χ1) is 9.29. The first-order valence-corrected chi connectivity index (χ1v) is 6.61. The normalized spacial score (nSPS) is 20.3. The average molecular weight is 289 g/mol. The van der Waals surface area contributed by atoms with Crippen molar-refractivity contribution in [1.82, 2.24) is 0 Å². The molecule has 1 fully saturated rings. The van der Waals surface area contributed by atoms with Gasteiger partial charge in [-0.3, -0.25) is 0 Å². The van der Waals surface area contributed by atoms with Crippen LogP contribution in [0.25, 0.3) is 0 Å². The van der Waals surface area contributed by atoms with Gasteiger partial charge >= 0.3 is 6.18 Å². The molecule has 3 nitrogen and oxygen atoms in total. The summed E-state index contributed by atoms with van der Waals surface area (Å²) in [4.78, 5) is 0. The van der Waals surface area contributed by atoms with Crippen LogP contribution in [-0.4, -0.2) is 23.4 Å². The van der Waals surface area contributed by atoms with Crippen molar-refractivity contribution < 1.29 is 23.0 Å². The molecule has 0 saturated heterocycles. The molecule has 20 heavy (non-hydrogen) atoms. The van der Waals surface area contributed by atoms with Crippen molar-refractivity contribution in [3.8, 4) is 5.75 Å². The van der Waals surface area contributed by atoms with Crippen LogP contribution >= 0.6 is 0 Å². The molecular formula is C14H18F3NO2. The van der Waals surface area contributed by atoms with E-state index in [1.165, 1.54) is 31.2 Å². The molecule has 0 heterocycles. The molecular weight excluding hydrogens is 271 g/mol. The highest BCUT2D eigenvalue weighted by Gasteiger charge is 2.58. The topological polar surface area (TPSA) is 55.5 Å². The van der Waals surface area contributed by atoms with Gasteiger partial charge in [0.15, 0.2) is 0 Å². The van der Waals surface area contributed by atoms with E-state index in [1.54, 1.807) is 0 Å². The van der Waals surface area contributed by atoms with Crippen molar-refractivity contribution in [2.24, 2.45) is 5.73 Å². The number of alkyl halides is 3. The Morgan fingerprint density at radius 3 is 2.25 bits per heavy atom. The highest BCUT2D eigenvalue weighted by molar-refractivity contribution is 5.33. The van der Waals surface area contributed by atoms with Crippen molar-refractivity contribution in [3.63, 3.8) is 0 Å². The zero-order valence-electron chi connectivity index (χ0n) is 11.2.